The molecule has 2 rings (SSSR count). The van der Waals surface area contributed by atoms with Crippen molar-refractivity contribution in [1.82, 2.24) is 5.32 Å². The first-order valence-corrected chi connectivity index (χ1v) is 6.99. The van der Waals surface area contributed by atoms with Gasteiger partial charge in [-0.05, 0) is 30.5 Å². The Morgan fingerprint density at radius 1 is 1.45 bits per heavy atom. The monoisotopic (exact) mass is 272 g/mol. The second kappa shape index (κ2) is 6.37. The van der Waals surface area contributed by atoms with Crippen LogP contribution in [-0.4, -0.2) is 18.4 Å². The summed E-state index contributed by atoms with van der Waals surface area (Å²) in [5.74, 6) is -0.0356. The fourth-order valence-electron chi connectivity index (χ4n) is 2.55. The van der Waals surface area contributed by atoms with Gasteiger partial charge in [0.15, 0.2) is 0 Å². The van der Waals surface area contributed by atoms with E-state index in [0.29, 0.717) is 13.0 Å². The van der Waals surface area contributed by atoms with E-state index in [1.807, 2.05) is 36.1 Å². The van der Waals surface area contributed by atoms with E-state index in [2.05, 4.69) is 11.9 Å². The minimum Gasteiger partial charge on any atom is -0.346 e. The SMILES string of the molecule is C=CC(=O)NC1CCN(C(=O)CCC)c2ccccc21. The molecule has 0 aromatic heterocycles. The normalized spacial score (nSPS) is 17.2. The molecule has 4 nitrogen and oxygen atoms in total. The van der Waals surface area contributed by atoms with E-state index in [9.17, 15) is 9.59 Å². The average Bonchev–Trinajstić information content (AvgIpc) is 2.47. The summed E-state index contributed by atoms with van der Waals surface area (Å²) in [7, 11) is 0. The molecule has 0 bridgehead atoms. The van der Waals surface area contributed by atoms with Gasteiger partial charge < -0.3 is 10.2 Å². The summed E-state index contributed by atoms with van der Waals surface area (Å²) in [6, 6.07) is 7.70. The number of nitrogens with zero attached hydrogens (tertiary/aromatic N) is 1. The van der Waals surface area contributed by atoms with Crippen LogP contribution in [0.4, 0.5) is 5.69 Å². The Balaban J connectivity index is 2.27. The first-order valence-electron chi connectivity index (χ1n) is 6.99. The second-order valence-electron chi connectivity index (χ2n) is 4.91. The van der Waals surface area contributed by atoms with Gasteiger partial charge in [0.2, 0.25) is 11.8 Å². The number of carbonyl (C=O) groups is 2. The summed E-state index contributed by atoms with van der Waals surface area (Å²) in [6.45, 7) is 6.11. The lowest BCUT2D eigenvalue weighted by Crippen LogP contribution is -2.40. The van der Waals surface area contributed by atoms with Crippen molar-refractivity contribution in [2.45, 2.75) is 32.2 Å². The molecular formula is C16H20N2O2. The maximum absolute atomic E-state index is 12.2. The van der Waals surface area contributed by atoms with Crippen LogP contribution in [0.1, 0.15) is 37.8 Å². The van der Waals surface area contributed by atoms with Gasteiger partial charge in [0, 0.05) is 18.7 Å². The minimum absolute atomic E-state index is 0.0534. The molecule has 0 saturated heterocycles. The summed E-state index contributed by atoms with van der Waals surface area (Å²) < 4.78 is 0. The van der Waals surface area contributed by atoms with Gasteiger partial charge in [-0.1, -0.05) is 31.7 Å². The van der Waals surface area contributed by atoms with E-state index in [1.54, 1.807) is 0 Å². The number of hydrogen-bond donors (Lipinski definition) is 1. The maximum Gasteiger partial charge on any atom is 0.243 e. The molecule has 1 unspecified atom stereocenters. The molecule has 20 heavy (non-hydrogen) atoms. The van der Waals surface area contributed by atoms with Crippen molar-refractivity contribution < 1.29 is 9.59 Å². The summed E-state index contributed by atoms with van der Waals surface area (Å²) in [6.07, 6.45) is 3.40. The minimum atomic E-state index is -0.182. The fraction of sp³-hybridized carbons (Fsp3) is 0.375. The number of fused-ring (bicyclic) bond motifs is 1. The van der Waals surface area contributed by atoms with Gasteiger partial charge in [0.05, 0.1) is 6.04 Å². The molecule has 1 aliphatic rings. The van der Waals surface area contributed by atoms with Crippen molar-refractivity contribution in [3.05, 3.63) is 42.5 Å². The molecule has 0 aliphatic carbocycles. The molecule has 106 valence electrons. The molecule has 1 atom stereocenters. The number of hydrogen-bond acceptors (Lipinski definition) is 2. The van der Waals surface area contributed by atoms with Crippen molar-refractivity contribution in [2.24, 2.45) is 0 Å². The largest absolute Gasteiger partial charge is 0.346 e. The third-order valence-electron chi connectivity index (χ3n) is 3.51. The Morgan fingerprint density at radius 3 is 2.90 bits per heavy atom. The number of anilines is 1. The van der Waals surface area contributed by atoms with Gasteiger partial charge >= 0.3 is 0 Å². The predicted octanol–water partition coefficient (Wildman–Crippen LogP) is 2.57. The third kappa shape index (κ3) is 2.90. The van der Waals surface area contributed by atoms with Crippen molar-refractivity contribution in [3.8, 4) is 0 Å². The molecule has 4 heteroatoms. The Morgan fingerprint density at radius 2 is 2.20 bits per heavy atom. The molecule has 1 aromatic carbocycles. The standard InChI is InChI=1S/C16H20N2O2/c1-3-7-16(20)18-11-10-13(17-15(19)4-2)12-8-5-6-9-14(12)18/h4-6,8-9,13H,2-3,7,10-11H2,1H3,(H,17,19). The van der Waals surface area contributed by atoms with E-state index >= 15 is 0 Å². The van der Waals surface area contributed by atoms with Gasteiger partial charge in [-0.25, -0.2) is 0 Å². The molecule has 1 aromatic rings. The van der Waals surface area contributed by atoms with Crippen LogP contribution in [-0.2, 0) is 9.59 Å². The number of nitrogens with one attached hydrogen (secondary N) is 1. The van der Waals surface area contributed by atoms with Gasteiger partial charge in [-0.3, -0.25) is 9.59 Å². The Bertz CT molecular complexity index is 525. The van der Waals surface area contributed by atoms with Crippen LogP contribution in [0.15, 0.2) is 36.9 Å². The van der Waals surface area contributed by atoms with Gasteiger partial charge in [0.1, 0.15) is 0 Å². The molecule has 1 N–H and O–H groups in total. The Hall–Kier alpha value is -2.10. The fourth-order valence-corrected chi connectivity index (χ4v) is 2.55. The Kier molecular flexibility index (Phi) is 4.56. The highest BCUT2D eigenvalue weighted by Gasteiger charge is 2.28. The van der Waals surface area contributed by atoms with E-state index in [1.165, 1.54) is 6.08 Å². The smallest absolute Gasteiger partial charge is 0.243 e. The number of rotatable bonds is 4. The molecule has 1 heterocycles. The van der Waals surface area contributed by atoms with Crippen LogP contribution in [0.5, 0.6) is 0 Å². The van der Waals surface area contributed by atoms with E-state index in [4.69, 9.17) is 0 Å². The quantitative estimate of drug-likeness (QED) is 0.856. The number of para-hydroxylation sites is 1. The molecule has 1 aliphatic heterocycles. The third-order valence-corrected chi connectivity index (χ3v) is 3.51. The molecule has 0 spiro atoms. The molecule has 0 fully saturated rings. The first kappa shape index (κ1) is 14.3. The lowest BCUT2D eigenvalue weighted by Gasteiger charge is -2.34. The topological polar surface area (TPSA) is 49.4 Å². The van der Waals surface area contributed by atoms with Crippen LogP contribution in [0.2, 0.25) is 0 Å². The molecule has 0 saturated carbocycles. The highest BCUT2D eigenvalue weighted by Crippen LogP contribution is 2.34. The van der Waals surface area contributed by atoms with Crippen molar-refractivity contribution >= 4 is 17.5 Å². The highest BCUT2D eigenvalue weighted by molar-refractivity contribution is 5.95. The highest BCUT2D eigenvalue weighted by atomic mass is 16.2. The van der Waals surface area contributed by atoms with Crippen molar-refractivity contribution in [3.63, 3.8) is 0 Å². The molecule has 2 amide bonds. The lowest BCUT2D eigenvalue weighted by molar-refractivity contribution is -0.118. The van der Waals surface area contributed by atoms with Crippen LogP contribution < -0.4 is 10.2 Å². The zero-order chi connectivity index (χ0) is 14.5. The Labute approximate surface area is 119 Å². The zero-order valence-electron chi connectivity index (χ0n) is 11.8. The van der Waals surface area contributed by atoms with E-state index < -0.39 is 0 Å². The predicted molar refractivity (Wildman–Crippen MR) is 79.4 cm³/mol. The molecule has 0 radical (unpaired) electrons. The van der Waals surface area contributed by atoms with Crippen LogP contribution in [0.25, 0.3) is 0 Å². The number of benzene rings is 1. The van der Waals surface area contributed by atoms with E-state index in [-0.39, 0.29) is 17.9 Å². The van der Waals surface area contributed by atoms with Crippen LogP contribution in [0, 0.1) is 0 Å². The van der Waals surface area contributed by atoms with Gasteiger partial charge in [-0.15, -0.1) is 0 Å². The van der Waals surface area contributed by atoms with Crippen LogP contribution in [0.3, 0.4) is 0 Å². The summed E-state index contributed by atoms with van der Waals surface area (Å²) in [5, 5.41) is 2.92. The van der Waals surface area contributed by atoms with Crippen molar-refractivity contribution in [2.75, 3.05) is 11.4 Å². The summed E-state index contributed by atoms with van der Waals surface area (Å²) >= 11 is 0. The molecular weight excluding hydrogens is 252 g/mol. The zero-order valence-corrected chi connectivity index (χ0v) is 11.8. The lowest BCUT2D eigenvalue weighted by atomic mass is 9.96. The summed E-state index contributed by atoms with van der Waals surface area (Å²) in [4.78, 5) is 25.5. The first-order chi connectivity index (χ1) is 9.67. The van der Waals surface area contributed by atoms with Crippen molar-refractivity contribution in [1.29, 1.82) is 0 Å². The second-order valence-corrected chi connectivity index (χ2v) is 4.91. The van der Waals surface area contributed by atoms with Gasteiger partial charge in [-0.2, -0.15) is 0 Å². The van der Waals surface area contributed by atoms with Crippen LogP contribution >= 0.6 is 0 Å². The summed E-state index contributed by atoms with van der Waals surface area (Å²) in [5.41, 5.74) is 1.91. The average molecular weight is 272 g/mol. The maximum atomic E-state index is 12.2. The van der Waals surface area contributed by atoms with E-state index in [0.717, 1.165) is 24.1 Å². The number of carbonyl (C=O) groups excluding carboxylic acids is 2. The van der Waals surface area contributed by atoms with Gasteiger partial charge in [0.25, 0.3) is 0 Å². The number of amides is 2.